The largest absolute Gasteiger partial charge is 0.481 e. The van der Waals surface area contributed by atoms with Gasteiger partial charge in [0, 0.05) is 26.2 Å². The molecule has 0 aromatic heterocycles. The molecule has 0 amide bonds. The Hall–Kier alpha value is -0.660. The zero-order valence-electron chi connectivity index (χ0n) is 12.3. The summed E-state index contributed by atoms with van der Waals surface area (Å²) in [7, 11) is -3.41. The van der Waals surface area contributed by atoms with Crippen LogP contribution in [0.15, 0.2) is 0 Å². The molecule has 0 radical (unpaired) electrons. The summed E-state index contributed by atoms with van der Waals surface area (Å²) in [5.74, 6) is -0.123. The summed E-state index contributed by atoms with van der Waals surface area (Å²) in [5.41, 5.74) is 0. The molecule has 2 saturated carbocycles. The standard InChI is InChI=1S/C14H24N2O4S/c17-14(18)13-5-7-15(8-6-13)21(19,20)16(9-11-1-2-11)10-12-3-4-12/h11-13H,1-10H2,(H,17,18). The van der Waals surface area contributed by atoms with Gasteiger partial charge in [-0.05, 0) is 50.4 Å². The molecule has 21 heavy (non-hydrogen) atoms. The molecule has 0 spiro atoms. The lowest BCUT2D eigenvalue weighted by atomic mass is 9.99. The molecule has 2 aliphatic carbocycles. The Balaban J connectivity index is 1.63. The number of piperidine rings is 1. The summed E-state index contributed by atoms with van der Waals surface area (Å²) in [6.07, 6.45) is 5.40. The van der Waals surface area contributed by atoms with E-state index in [0.717, 1.165) is 25.7 Å². The van der Waals surface area contributed by atoms with E-state index in [-0.39, 0.29) is 0 Å². The van der Waals surface area contributed by atoms with Crippen molar-refractivity contribution in [3.8, 4) is 0 Å². The molecule has 3 fully saturated rings. The Morgan fingerprint density at radius 2 is 1.48 bits per heavy atom. The zero-order chi connectivity index (χ0) is 15.0. The first-order valence-corrected chi connectivity index (χ1v) is 9.34. The highest BCUT2D eigenvalue weighted by atomic mass is 32.2. The van der Waals surface area contributed by atoms with Crippen LogP contribution < -0.4 is 0 Å². The van der Waals surface area contributed by atoms with Gasteiger partial charge in [-0.3, -0.25) is 4.79 Å². The number of carboxylic acid groups (broad SMARTS) is 1. The van der Waals surface area contributed by atoms with E-state index in [1.54, 1.807) is 4.31 Å². The summed E-state index contributed by atoms with van der Waals surface area (Å²) in [6, 6.07) is 0. The number of aliphatic carboxylic acids is 1. The lowest BCUT2D eigenvalue weighted by molar-refractivity contribution is -0.142. The molecule has 7 heteroatoms. The molecule has 0 aromatic rings. The highest BCUT2D eigenvalue weighted by Crippen LogP contribution is 2.35. The summed E-state index contributed by atoms with van der Waals surface area (Å²) >= 11 is 0. The van der Waals surface area contributed by atoms with Crippen molar-refractivity contribution < 1.29 is 18.3 Å². The van der Waals surface area contributed by atoms with Gasteiger partial charge in [0.15, 0.2) is 0 Å². The van der Waals surface area contributed by atoms with E-state index in [1.165, 1.54) is 4.31 Å². The van der Waals surface area contributed by atoms with Crippen molar-refractivity contribution in [3.63, 3.8) is 0 Å². The molecule has 6 nitrogen and oxygen atoms in total. The Bertz CT molecular complexity index is 477. The molecule has 1 saturated heterocycles. The number of rotatable bonds is 7. The fourth-order valence-corrected chi connectivity index (χ4v) is 4.73. The normalized spacial score (nSPS) is 25.4. The van der Waals surface area contributed by atoms with E-state index in [9.17, 15) is 13.2 Å². The number of carboxylic acids is 1. The van der Waals surface area contributed by atoms with Crippen LogP contribution in [0.3, 0.4) is 0 Å². The third-order valence-electron chi connectivity index (χ3n) is 4.77. The van der Waals surface area contributed by atoms with Crippen molar-refractivity contribution in [3.05, 3.63) is 0 Å². The predicted octanol–water partition coefficient (Wildman–Crippen LogP) is 1.15. The SMILES string of the molecule is O=C(O)C1CCN(S(=O)(=O)N(CC2CC2)CC2CC2)CC1. The van der Waals surface area contributed by atoms with E-state index >= 15 is 0 Å². The molecule has 120 valence electrons. The van der Waals surface area contributed by atoms with Crippen LogP contribution in [0, 0.1) is 17.8 Å². The topological polar surface area (TPSA) is 77.9 Å². The Morgan fingerprint density at radius 1 is 1.00 bits per heavy atom. The lowest BCUT2D eigenvalue weighted by Gasteiger charge is -2.34. The average molecular weight is 316 g/mol. The molecule has 1 heterocycles. The minimum atomic E-state index is -3.41. The molecule has 1 aliphatic heterocycles. The maximum absolute atomic E-state index is 12.8. The molecule has 3 rings (SSSR count). The van der Waals surface area contributed by atoms with Crippen LogP contribution in [-0.4, -0.2) is 54.3 Å². The van der Waals surface area contributed by atoms with Crippen molar-refractivity contribution in [2.75, 3.05) is 26.2 Å². The van der Waals surface area contributed by atoms with Crippen LogP contribution in [0.4, 0.5) is 0 Å². The molecular formula is C14H24N2O4S. The van der Waals surface area contributed by atoms with Gasteiger partial charge in [-0.2, -0.15) is 17.0 Å². The third kappa shape index (κ3) is 3.76. The summed E-state index contributed by atoms with van der Waals surface area (Å²) in [4.78, 5) is 11.0. The van der Waals surface area contributed by atoms with Gasteiger partial charge in [0.1, 0.15) is 0 Å². The summed E-state index contributed by atoms with van der Waals surface area (Å²) in [6.45, 7) is 1.98. The van der Waals surface area contributed by atoms with Crippen LogP contribution in [0.5, 0.6) is 0 Å². The molecule has 0 unspecified atom stereocenters. The first kappa shape index (κ1) is 15.2. The van der Waals surface area contributed by atoms with E-state index in [2.05, 4.69) is 0 Å². The fourth-order valence-electron chi connectivity index (χ4n) is 2.94. The number of hydrogen-bond donors (Lipinski definition) is 1. The van der Waals surface area contributed by atoms with Gasteiger partial charge in [-0.1, -0.05) is 0 Å². The molecule has 1 N–H and O–H groups in total. The minimum absolute atomic E-state index is 0.338. The maximum Gasteiger partial charge on any atom is 0.306 e. The van der Waals surface area contributed by atoms with E-state index in [4.69, 9.17) is 5.11 Å². The molecule has 0 atom stereocenters. The highest BCUT2D eigenvalue weighted by Gasteiger charge is 2.39. The summed E-state index contributed by atoms with van der Waals surface area (Å²) in [5, 5.41) is 9.01. The first-order chi connectivity index (χ1) is 9.96. The van der Waals surface area contributed by atoms with E-state index in [1.807, 2.05) is 0 Å². The number of hydrogen-bond acceptors (Lipinski definition) is 3. The van der Waals surface area contributed by atoms with Gasteiger partial charge >= 0.3 is 5.97 Å². The van der Waals surface area contributed by atoms with Crippen molar-refractivity contribution in [1.82, 2.24) is 8.61 Å². The first-order valence-electron chi connectivity index (χ1n) is 7.95. The minimum Gasteiger partial charge on any atom is -0.481 e. The van der Waals surface area contributed by atoms with Crippen LogP contribution in [0.2, 0.25) is 0 Å². The van der Waals surface area contributed by atoms with Crippen molar-refractivity contribution in [2.45, 2.75) is 38.5 Å². The Morgan fingerprint density at radius 3 is 1.86 bits per heavy atom. The van der Waals surface area contributed by atoms with E-state index in [0.29, 0.717) is 50.9 Å². The molecule has 3 aliphatic rings. The van der Waals surface area contributed by atoms with E-state index < -0.39 is 22.1 Å². The van der Waals surface area contributed by atoms with Crippen molar-refractivity contribution in [2.24, 2.45) is 17.8 Å². The van der Waals surface area contributed by atoms with Gasteiger partial charge in [0.05, 0.1) is 5.92 Å². The van der Waals surface area contributed by atoms with Crippen LogP contribution in [-0.2, 0) is 15.0 Å². The van der Waals surface area contributed by atoms with Gasteiger partial charge in [0.25, 0.3) is 10.2 Å². The quantitative estimate of drug-likeness (QED) is 0.764. The monoisotopic (exact) mass is 316 g/mol. The molecule has 0 bridgehead atoms. The third-order valence-corrected chi connectivity index (χ3v) is 6.74. The summed E-state index contributed by atoms with van der Waals surface area (Å²) < 4.78 is 28.8. The van der Waals surface area contributed by atoms with Gasteiger partial charge in [-0.15, -0.1) is 0 Å². The number of nitrogens with zero attached hydrogens (tertiary/aromatic N) is 2. The maximum atomic E-state index is 12.8. The van der Waals surface area contributed by atoms with Gasteiger partial charge in [0.2, 0.25) is 0 Å². The van der Waals surface area contributed by atoms with Crippen LogP contribution in [0.25, 0.3) is 0 Å². The second-order valence-electron chi connectivity index (χ2n) is 6.72. The molecular weight excluding hydrogens is 292 g/mol. The molecule has 0 aromatic carbocycles. The van der Waals surface area contributed by atoms with Crippen LogP contribution >= 0.6 is 0 Å². The average Bonchev–Trinajstić information content (AvgIpc) is 3.33. The van der Waals surface area contributed by atoms with Gasteiger partial charge < -0.3 is 5.11 Å². The fraction of sp³-hybridized carbons (Fsp3) is 0.929. The van der Waals surface area contributed by atoms with Gasteiger partial charge in [-0.25, -0.2) is 0 Å². The smallest absolute Gasteiger partial charge is 0.306 e. The predicted molar refractivity (Wildman–Crippen MR) is 77.9 cm³/mol. The Labute approximate surface area is 126 Å². The highest BCUT2D eigenvalue weighted by molar-refractivity contribution is 7.86. The second kappa shape index (κ2) is 5.85. The Kier molecular flexibility index (Phi) is 4.25. The van der Waals surface area contributed by atoms with Crippen molar-refractivity contribution in [1.29, 1.82) is 0 Å². The van der Waals surface area contributed by atoms with Crippen LogP contribution in [0.1, 0.15) is 38.5 Å². The second-order valence-corrected chi connectivity index (χ2v) is 8.65. The lowest BCUT2D eigenvalue weighted by Crippen LogP contribution is -2.49. The zero-order valence-corrected chi connectivity index (χ0v) is 13.1. The van der Waals surface area contributed by atoms with Crippen molar-refractivity contribution >= 4 is 16.2 Å². The number of carbonyl (C=O) groups is 1.